The maximum Gasteiger partial charge on any atom is 0.257 e. The first-order valence-corrected chi connectivity index (χ1v) is 9.84. The van der Waals surface area contributed by atoms with Gasteiger partial charge in [0.2, 0.25) is 0 Å². The van der Waals surface area contributed by atoms with Gasteiger partial charge >= 0.3 is 0 Å². The van der Waals surface area contributed by atoms with Crippen LogP contribution in [0.4, 0.5) is 5.69 Å². The van der Waals surface area contributed by atoms with Crippen molar-refractivity contribution in [2.75, 3.05) is 39.2 Å². The molecular formula is C21H26N2O3S. The second-order valence-corrected chi connectivity index (χ2v) is 8.20. The molecule has 0 saturated heterocycles. The van der Waals surface area contributed by atoms with Crippen molar-refractivity contribution in [2.24, 2.45) is 0 Å². The second kappa shape index (κ2) is 8.33. The minimum Gasteiger partial charge on any atom is -0.497 e. The maximum absolute atomic E-state index is 13.1. The van der Waals surface area contributed by atoms with Gasteiger partial charge in [0.15, 0.2) is 0 Å². The predicted molar refractivity (Wildman–Crippen MR) is 110 cm³/mol. The van der Waals surface area contributed by atoms with Gasteiger partial charge in [0.25, 0.3) is 5.91 Å². The normalized spacial score (nSPS) is 19.8. The number of carbonyl (C=O) groups excluding carboxylic acids is 1. The number of ether oxygens (including phenoxy) is 1. The van der Waals surface area contributed by atoms with Gasteiger partial charge in [-0.15, -0.1) is 11.8 Å². The molecule has 0 aliphatic carbocycles. The van der Waals surface area contributed by atoms with Crippen molar-refractivity contribution in [1.29, 1.82) is 0 Å². The van der Waals surface area contributed by atoms with Crippen LogP contribution in [0.5, 0.6) is 5.75 Å². The van der Waals surface area contributed by atoms with Crippen molar-refractivity contribution < 1.29 is 14.6 Å². The highest BCUT2D eigenvalue weighted by molar-refractivity contribution is 7.99. The highest BCUT2D eigenvalue weighted by Crippen LogP contribution is 2.46. The predicted octanol–water partition coefficient (Wildman–Crippen LogP) is 3.11. The monoisotopic (exact) mass is 386 g/mol. The van der Waals surface area contributed by atoms with E-state index in [1.54, 1.807) is 23.8 Å². The summed E-state index contributed by atoms with van der Waals surface area (Å²) in [5.74, 6) is 0.495. The molecule has 1 aliphatic rings. The molecule has 2 aromatic rings. The zero-order valence-corrected chi connectivity index (χ0v) is 17.0. The molecule has 0 bridgehead atoms. The zero-order valence-electron chi connectivity index (χ0n) is 16.2. The van der Waals surface area contributed by atoms with E-state index in [-0.39, 0.29) is 11.2 Å². The Morgan fingerprint density at radius 2 is 1.89 bits per heavy atom. The van der Waals surface area contributed by atoms with Crippen LogP contribution in [0.25, 0.3) is 0 Å². The molecular weight excluding hydrogens is 360 g/mol. The van der Waals surface area contributed by atoms with Gasteiger partial charge in [-0.1, -0.05) is 18.2 Å². The summed E-state index contributed by atoms with van der Waals surface area (Å²) in [6.45, 7) is 3.30. The summed E-state index contributed by atoms with van der Waals surface area (Å²) in [5.41, 5.74) is 2.90. The van der Waals surface area contributed by atoms with Crippen LogP contribution >= 0.6 is 11.8 Å². The Kier molecular flexibility index (Phi) is 6.09. The summed E-state index contributed by atoms with van der Waals surface area (Å²) in [5, 5.41) is 10.6. The average molecular weight is 387 g/mol. The molecule has 3 rings (SSSR count). The number of hydrogen-bond acceptors (Lipinski definition) is 5. The molecule has 1 aliphatic heterocycles. The van der Waals surface area contributed by atoms with Gasteiger partial charge in [0.05, 0.1) is 18.0 Å². The van der Waals surface area contributed by atoms with Crippen LogP contribution in [-0.2, 0) is 4.79 Å². The fourth-order valence-corrected chi connectivity index (χ4v) is 4.49. The molecule has 5 nitrogen and oxygen atoms in total. The first kappa shape index (κ1) is 19.7. The molecule has 2 atom stereocenters. The summed E-state index contributed by atoms with van der Waals surface area (Å²) in [4.78, 5) is 17.9. The van der Waals surface area contributed by atoms with Crippen molar-refractivity contribution in [3.63, 3.8) is 0 Å². The van der Waals surface area contributed by atoms with Gasteiger partial charge in [-0.05, 0) is 56.4 Å². The topological polar surface area (TPSA) is 53.0 Å². The molecule has 1 amide bonds. The third-order valence-electron chi connectivity index (χ3n) is 4.68. The third-order valence-corrected chi connectivity index (χ3v) is 6.05. The van der Waals surface area contributed by atoms with E-state index in [0.717, 1.165) is 34.0 Å². The lowest BCUT2D eigenvalue weighted by atomic mass is 10.1. The second-order valence-electron chi connectivity index (χ2n) is 7.02. The van der Waals surface area contributed by atoms with Gasteiger partial charge < -0.3 is 19.6 Å². The molecule has 0 aromatic heterocycles. The number of aliphatic hydroxyl groups excluding tert-OH is 1. The van der Waals surface area contributed by atoms with Gasteiger partial charge in [-0.25, -0.2) is 0 Å². The van der Waals surface area contributed by atoms with Crippen LogP contribution in [0.1, 0.15) is 16.4 Å². The van der Waals surface area contributed by atoms with Crippen molar-refractivity contribution in [3.05, 3.63) is 53.6 Å². The Balaban J connectivity index is 2.01. The summed E-state index contributed by atoms with van der Waals surface area (Å²) >= 11 is 1.54. The number of anilines is 1. The van der Waals surface area contributed by atoms with Crippen LogP contribution in [0.2, 0.25) is 0 Å². The number of thioether (sulfide) groups is 1. The summed E-state index contributed by atoms with van der Waals surface area (Å²) in [6.07, 6.45) is -1.11. The Bertz CT molecular complexity index is 808. The molecule has 0 spiro atoms. The van der Waals surface area contributed by atoms with Crippen molar-refractivity contribution >= 4 is 23.4 Å². The van der Waals surface area contributed by atoms with Gasteiger partial charge in [0, 0.05) is 18.0 Å². The number of aliphatic hydroxyl groups is 1. The third kappa shape index (κ3) is 4.29. The molecule has 0 fully saturated rings. The number of fused-ring (bicyclic) bond motifs is 1. The number of benzene rings is 2. The summed E-state index contributed by atoms with van der Waals surface area (Å²) in [6, 6.07) is 13.6. The lowest BCUT2D eigenvalue weighted by Gasteiger charge is -2.26. The number of carbonyl (C=O) groups is 1. The molecule has 0 saturated carbocycles. The molecule has 2 unspecified atom stereocenters. The molecule has 144 valence electrons. The number of amides is 1. The van der Waals surface area contributed by atoms with E-state index in [0.29, 0.717) is 6.54 Å². The van der Waals surface area contributed by atoms with Crippen molar-refractivity contribution in [3.8, 4) is 5.75 Å². The highest BCUT2D eigenvalue weighted by Gasteiger charge is 2.37. The van der Waals surface area contributed by atoms with Gasteiger partial charge in [0.1, 0.15) is 11.9 Å². The minimum atomic E-state index is -1.11. The minimum absolute atomic E-state index is 0.257. The Hall–Kier alpha value is -2.02. The van der Waals surface area contributed by atoms with Crippen LogP contribution in [0.15, 0.2) is 47.4 Å². The molecule has 6 heteroatoms. The quantitative estimate of drug-likeness (QED) is 0.856. The zero-order chi connectivity index (χ0) is 19.6. The van der Waals surface area contributed by atoms with Gasteiger partial charge in [-0.2, -0.15) is 0 Å². The Morgan fingerprint density at radius 1 is 1.19 bits per heavy atom. The maximum atomic E-state index is 13.1. The molecule has 27 heavy (non-hydrogen) atoms. The number of hydrogen-bond donors (Lipinski definition) is 1. The van der Waals surface area contributed by atoms with E-state index >= 15 is 0 Å². The molecule has 0 radical (unpaired) electrons. The largest absolute Gasteiger partial charge is 0.497 e. The van der Waals surface area contributed by atoms with E-state index < -0.39 is 6.10 Å². The van der Waals surface area contributed by atoms with E-state index in [9.17, 15) is 9.90 Å². The van der Waals surface area contributed by atoms with E-state index in [1.165, 1.54) is 0 Å². The first-order valence-electron chi connectivity index (χ1n) is 8.96. The Morgan fingerprint density at radius 3 is 2.52 bits per heavy atom. The number of aryl methyl sites for hydroxylation is 1. The highest BCUT2D eigenvalue weighted by atomic mass is 32.2. The van der Waals surface area contributed by atoms with Gasteiger partial charge in [-0.3, -0.25) is 4.79 Å². The molecule has 2 aromatic carbocycles. The van der Waals surface area contributed by atoms with Crippen LogP contribution in [0.3, 0.4) is 0 Å². The molecule has 1 heterocycles. The number of methoxy groups -OCH3 is 1. The number of rotatable bonds is 5. The average Bonchev–Trinajstić information content (AvgIpc) is 2.75. The van der Waals surface area contributed by atoms with E-state index in [1.807, 2.05) is 62.3 Å². The van der Waals surface area contributed by atoms with E-state index in [2.05, 4.69) is 6.07 Å². The van der Waals surface area contributed by atoms with Crippen LogP contribution < -0.4 is 9.64 Å². The number of nitrogens with zero attached hydrogens (tertiary/aromatic N) is 2. The molecule has 1 N–H and O–H groups in total. The Labute approximate surface area is 164 Å². The fourth-order valence-electron chi connectivity index (χ4n) is 3.12. The lowest BCUT2D eigenvalue weighted by molar-refractivity contribution is -0.126. The fraction of sp³-hybridized carbons (Fsp3) is 0.381. The van der Waals surface area contributed by atoms with Crippen LogP contribution in [0, 0.1) is 6.92 Å². The number of likely N-dealkylation sites (N-methyl/N-ethyl adjacent to an activating group) is 1. The van der Waals surface area contributed by atoms with Crippen LogP contribution in [-0.4, -0.2) is 56.3 Å². The lowest BCUT2D eigenvalue weighted by Crippen LogP contribution is -2.43. The van der Waals surface area contributed by atoms with Crippen molar-refractivity contribution in [1.82, 2.24) is 4.90 Å². The standard InChI is InChI=1S/C21H26N2O3S/c1-14-5-10-17-18(13-14)27-20(15-6-8-16(26-4)9-7-15)19(24)21(25)23(17)12-11-22(2)3/h5-10,13,19-20,24H,11-12H2,1-4H3. The summed E-state index contributed by atoms with van der Waals surface area (Å²) in [7, 11) is 5.57. The summed E-state index contributed by atoms with van der Waals surface area (Å²) < 4.78 is 5.22. The van der Waals surface area contributed by atoms with Crippen molar-refractivity contribution in [2.45, 2.75) is 23.2 Å². The first-order chi connectivity index (χ1) is 12.9. The van der Waals surface area contributed by atoms with E-state index in [4.69, 9.17) is 4.74 Å². The smallest absolute Gasteiger partial charge is 0.257 e. The SMILES string of the molecule is COc1ccc(C2Sc3cc(C)ccc3N(CCN(C)C)C(=O)C2O)cc1.